The van der Waals surface area contributed by atoms with E-state index in [0.29, 0.717) is 21.9 Å². The molecule has 1 amide bonds. The fraction of sp³-hybridized carbons (Fsp3) is 0.227. The first-order valence-corrected chi connectivity index (χ1v) is 10.8. The van der Waals surface area contributed by atoms with Crippen LogP contribution >= 0.6 is 11.3 Å². The van der Waals surface area contributed by atoms with E-state index in [-0.39, 0.29) is 24.2 Å². The van der Waals surface area contributed by atoms with Crippen LogP contribution in [0.15, 0.2) is 57.9 Å². The third-order valence-corrected chi connectivity index (χ3v) is 5.54. The first-order chi connectivity index (χ1) is 15.3. The number of anilines is 1. The standard InChI is InChI=1S/C22H21N5O4S/c1-13(2)23-22-26(25-14(3)15-4-7-17(8-5-15)27(29)30)19(12-32-22)16-6-9-20-18(10-16)24-21(28)11-31-20/h4-10,12-13H,11H2,1-3H3,(H,24,28). The maximum absolute atomic E-state index is 11.7. The van der Waals surface area contributed by atoms with Crippen molar-refractivity contribution in [3.8, 4) is 17.0 Å². The molecule has 0 bridgehead atoms. The number of aromatic nitrogens is 1. The summed E-state index contributed by atoms with van der Waals surface area (Å²) >= 11 is 1.46. The van der Waals surface area contributed by atoms with Crippen LogP contribution in [-0.2, 0) is 4.79 Å². The Kier molecular flexibility index (Phi) is 5.87. The first-order valence-electron chi connectivity index (χ1n) is 9.93. The Labute approximate surface area is 187 Å². The smallest absolute Gasteiger partial charge is 0.269 e. The number of nitro benzene ring substituents is 1. The lowest BCUT2D eigenvalue weighted by Gasteiger charge is -2.18. The van der Waals surface area contributed by atoms with Gasteiger partial charge in [0.05, 0.1) is 22.0 Å². The summed E-state index contributed by atoms with van der Waals surface area (Å²) in [6.45, 7) is 5.82. The van der Waals surface area contributed by atoms with Crippen LogP contribution in [0, 0.1) is 10.1 Å². The molecular formula is C22H21N5O4S. The second kappa shape index (κ2) is 8.75. The van der Waals surface area contributed by atoms with Gasteiger partial charge in [-0.3, -0.25) is 19.9 Å². The average molecular weight is 452 g/mol. The molecular weight excluding hydrogens is 430 g/mol. The van der Waals surface area contributed by atoms with Crippen molar-refractivity contribution in [1.82, 2.24) is 4.68 Å². The van der Waals surface area contributed by atoms with Crippen molar-refractivity contribution in [3.05, 3.63) is 68.3 Å². The van der Waals surface area contributed by atoms with E-state index in [1.165, 1.54) is 23.5 Å². The van der Waals surface area contributed by atoms with Crippen molar-refractivity contribution in [3.63, 3.8) is 0 Å². The van der Waals surface area contributed by atoms with Crippen molar-refractivity contribution in [1.29, 1.82) is 0 Å². The van der Waals surface area contributed by atoms with Gasteiger partial charge in [0.15, 0.2) is 6.61 Å². The maximum atomic E-state index is 11.7. The minimum Gasteiger partial charge on any atom is -0.482 e. The molecule has 9 nitrogen and oxygen atoms in total. The molecule has 3 aromatic rings. The van der Waals surface area contributed by atoms with E-state index in [1.807, 2.05) is 44.4 Å². The molecule has 0 atom stereocenters. The fourth-order valence-electron chi connectivity index (χ4n) is 3.18. The molecule has 0 saturated carbocycles. The number of non-ortho nitro benzene ring substituents is 1. The lowest BCUT2D eigenvalue weighted by molar-refractivity contribution is -0.384. The van der Waals surface area contributed by atoms with Gasteiger partial charge in [-0.2, -0.15) is 5.10 Å². The highest BCUT2D eigenvalue weighted by atomic mass is 32.1. The van der Waals surface area contributed by atoms with Crippen LogP contribution in [0.4, 0.5) is 11.4 Å². The lowest BCUT2D eigenvalue weighted by Crippen LogP contribution is -2.25. The van der Waals surface area contributed by atoms with E-state index >= 15 is 0 Å². The minimum atomic E-state index is -0.430. The average Bonchev–Trinajstić information content (AvgIpc) is 3.14. The molecule has 0 aliphatic carbocycles. The summed E-state index contributed by atoms with van der Waals surface area (Å²) in [6.07, 6.45) is 0. The number of fused-ring (bicyclic) bond motifs is 1. The summed E-state index contributed by atoms with van der Waals surface area (Å²) in [7, 11) is 0. The van der Waals surface area contributed by atoms with E-state index < -0.39 is 4.92 Å². The van der Waals surface area contributed by atoms with E-state index in [9.17, 15) is 14.9 Å². The van der Waals surface area contributed by atoms with Crippen LogP contribution in [0.25, 0.3) is 11.3 Å². The summed E-state index contributed by atoms with van der Waals surface area (Å²) in [6, 6.07) is 11.9. The van der Waals surface area contributed by atoms with Crippen LogP contribution in [0.2, 0.25) is 0 Å². The van der Waals surface area contributed by atoms with E-state index in [1.54, 1.807) is 16.8 Å². The summed E-state index contributed by atoms with van der Waals surface area (Å²) in [5.74, 6) is 0.420. The van der Waals surface area contributed by atoms with Crippen molar-refractivity contribution >= 4 is 34.3 Å². The Hall–Kier alpha value is -3.79. The highest BCUT2D eigenvalue weighted by Gasteiger charge is 2.18. The monoisotopic (exact) mass is 451 g/mol. The predicted molar refractivity (Wildman–Crippen MR) is 123 cm³/mol. The maximum Gasteiger partial charge on any atom is 0.269 e. The largest absolute Gasteiger partial charge is 0.482 e. The Morgan fingerprint density at radius 2 is 2.00 bits per heavy atom. The number of carbonyl (C=O) groups is 1. The van der Waals surface area contributed by atoms with Gasteiger partial charge in [0.2, 0.25) is 4.80 Å². The van der Waals surface area contributed by atoms with Crippen molar-refractivity contribution in [2.24, 2.45) is 10.1 Å². The van der Waals surface area contributed by atoms with Gasteiger partial charge in [0.25, 0.3) is 11.6 Å². The summed E-state index contributed by atoms with van der Waals surface area (Å²) in [4.78, 5) is 27.6. The number of hydrogen-bond donors (Lipinski definition) is 1. The zero-order chi connectivity index (χ0) is 22.8. The normalized spacial score (nSPS) is 14.2. The van der Waals surface area contributed by atoms with Crippen molar-refractivity contribution in [2.45, 2.75) is 26.8 Å². The molecule has 10 heteroatoms. The van der Waals surface area contributed by atoms with E-state index in [0.717, 1.165) is 16.8 Å². The Balaban J connectivity index is 1.80. The lowest BCUT2D eigenvalue weighted by atomic mass is 10.1. The predicted octanol–water partition coefficient (Wildman–Crippen LogP) is 4.04. The number of hydrogen-bond acceptors (Lipinski definition) is 7. The molecule has 1 aliphatic heterocycles. The third-order valence-electron chi connectivity index (χ3n) is 4.71. The Bertz CT molecular complexity index is 1290. The second-order valence-electron chi connectivity index (χ2n) is 7.48. The number of carbonyl (C=O) groups excluding carboxylic acids is 1. The van der Waals surface area contributed by atoms with Gasteiger partial charge in [0, 0.05) is 29.1 Å². The number of ether oxygens (including phenoxy) is 1. The van der Waals surface area contributed by atoms with E-state index in [2.05, 4.69) is 10.3 Å². The number of nitro groups is 1. The summed E-state index contributed by atoms with van der Waals surface area (Å²) in [5.41, 5.74) is 3.73. The van der Waals surface area contributed by atoms with Gasteiger partial charge in [-0.25, -0.2) is 4.68 Å². The van der Waals surface area contributed by atoms with Gasteiger partial charge >= 0.3 is 0 Å². The van der Waals surface area contributed by atoms with Gasteiger partial charge in [0.1, 0.15) is 5.75 Å². The van der Waals surface area contributed by atoms with Crippen molar-refractivity contribution in [2.75, 3.05) is 11.9 Å². The molecule has 2 heterocycles. The second-order valence-corrected chi connectivity index (χ2v) is 8.31. The van der Waals surface area contributed by atoms with Crippen LogP contribution in [-0.4, -0.2) is 33.9 Å². The van der Waals surface area contributed by atoms with Crippen LogP contribution in [0.5, 0.6) is 5.75 Å². The van der Waals surface area contributed by atoms with Crippen molar-refractivity contribution < 1.29 is 14.5 Å². The zero-order valence-corrected chi connectivity index (χ0v) is 18.5. The molecule has 1 aliphatic rings. The number of rotatable bonds is 5. The van der Waals surface area contributed by atoms with Gasteiger partial charge in [-0.05, 0) is 56.7 Å². The van der Waals surface area contributed by atoms with Gasteiger partial charge in [-0.1, -0.05) is 0 Å². The zero-order valence-electron chi connectivity index (χ0n) is 17.7. The van der Waals surface area contributed by atoms with Gasteiger partial charge < -0.3 is 10.1 Å². The Morgan fingerprint density at radius 3 is 2.69 bits per heavy atom. The molecule has 0 radical (unpaired) electrons. The molecule has 0 saturated heterocycles. The van der Waals surface area contributed by atoms with Crippen LogP contribution in [0.1, 0.15) is 26.3 Å². The van der Waals surface area contributed by atoms with E-state index in [4.69, 9.17) is 9.84 Å². The SMILES string of the molecule is CC(=Nn1c(-c2ccc3c(c2)NC(=O)CO3)csc1=NC(C)C)c1ccc([N+](=O)[O-])cc1. The third kappa shape index (κ3) is 4.45. The molecule has 1 N–H and O–H groups in total. The molecule has 4 rings (SSSR count). The molecule has 32 heavy (non-hydrogen) atoms. The molecule has 0 unspecified atom stereocenters. The minimum absolute atomic E-state index is 0.000932. The first kappa shape index (κ1) is 21.4. The Morgan fingerprint density at radius 1 is 1.25 bits per heavy atom. The number of benzene rings is 2. The summed E-state index contributed by atoms with van der Waals surface area (Å²) in [5, 5.41) is 20.5. The number of nitrogens with one attached hydrogen (secondary N) is 1. The quantitative estimate of drug-likeness (QED) is 0.358. The van der Waals surface area contributed by atoms with Crippen LogP contribution in [0.3, 0.4) is 0 Å². The van der Waals surface area contributed by atoms with Crippen LogP contribution < -0.4 is 14.9 Å². The highest BCUT2D eigenvalue weighted by Crippen LogP contribution is 2.33. The fourth-order valence-corrected chi connectivity index (χ4v) is 4.14. The molecule has 1 aromatic heterocycles. The number of nitrogens with zero attached hydrogens (tertiary/aromatic N) is 4. The topological polar surface area (TPSA) is 111 Å². The molecule has 164 valence electrons. The number of amides is 1. The number of thiazole rings is 1. The van der Waals surface area contributed by atoms with Gasteiger partial charge in [-0.15, -0.1) is 11.3 Å². The molecule has 2 aromatic carbocycles. The molecule has 0 fully saturated rings. The summed E-state index contributed by atoms with van der Waals surface area (Å²) < 4.78 is 7.21. The highest BCUT2D eigenvalue weighted by molar-refractivity contribution is 7.07. The molecule has 0 spiro atoms.